The Hall–Kier alpha value is -0.950. The maximum Gasteiger partial charge on any atom is 0.240 e. The molecule has 0 unspecified atom stereocenters. The zero-order chi connectivity index (χ0) is 16.2. The molecule has 0 spiro atoms. The van der Waals surface area contributed by atoms with Crippen LogP contribution in [0, 0.1) is 0 Å². The molecule has 2 atom stereocenters. The van der Waals surface area contributed by atoms with Crippen LogP contribution in [-0.2, 0) is 10.0 Å². The smallest absolute Gasteiger partial charge is 0.240 e. The van der Waals surface area contributed by atoms with Gasteiger partial charge in [0.25, 0.3) is 0 Å². The Balaban J connectivity index is 1.92. The van der Waals surface area contributed by atoms with Gasteiger partial charge in [0, 0.05) is 12.1 Å². The minimum absolute atomic E-state index is 0.138. The first-order chi connectivity index (χ1) is 10.4. The lowest BCUT2D eigenvalue weighted by molar-refractivity contribution is 0.291. The number of likely N-dealkylation sites (tertiary alicyclic amines) is 1. The molecular formula is C16H27N3O2S. The highest BCUT2D eigenvalue weighted by molar-refractivity contribution is 7.89. The van der Waals surface area contributed by atoms with Gasteiger partial charge in [0.1, 0.15) is 0 Å². The first kappa shape index (κ1) is 17.4. The zero-order valence-corrected chi connectivity index (χ0v) is 14.5. The zero-order valence-electron chi connectivity index (χ0n) is 13.7. The van der Waals surface area contributed by atoms with E-state index in [9.17, 15) is 8.42 Å². The van der Waals surface area contributed by atoms with E-state index in [1.165, 1.54) is 26.4 Å². The fourth-order valence-corrected chi connectivity index (χ4v) is 3.78. The van der Waals surface area contributed by atoms with Crippen LogP contribution >= 0.6 is 0 Å². The van der Waals surface area contributed by atoms with Gasteiger partial charge in [-0.25, -0.2) is 13.1 Å². The quantitative estimate of drug-likeness (QED) is 0.801. The molecule has 1 aliphatic heterocycles. The van der Waals surface area contributed by atoms with Crippen molar-refractivity contribution >= 4 is 10.0 Å². The van der Waals surface area contributed by atoms with Crippen molar-refractivity contribution in [1.82, 2.24) is 14.9 Å². The average Bonchev–Trinajstić information content (AvgIpc) is 2.92. The highest BCUT2D eigenvalue weighted by Gasteiger charge is 2.20. The van der Waals surface area contributed by atoms with Gasteiger partial charge in [-0.15, -0.1) is 0 Å². The third kappa shape index (κ3) is 4.29. The molecule has 1 fully saturated rings. The van der Waals surface area contributed by atoms with E-state index in [-0.39, 0.29) is 6.04 Å². The minimum Gasteiger partial charge on any atom is -0.310 e. The molecular weight excluding hydrogens is 298 g/mol. The van der Waals surface area contributed by atoms with Crippen LogP contribution in [0.3, 0.4) is 0 Å². The second-order valence-corrected chi connectivity index (χ2v) is 7.91. The highest BCUT2D eigenvalue weighted by atomic mass is 32.2. The van der Waals surface area contributed by atoms with Crippen LogP contribution in [0.15, 0.2) is 29.2 Å². The summed E-state index contributed by atoms with van der Waals surface area (Å²) in [7, 11) is 0.240. The van der Waals surface area contributed by atoms with Gasteiger partial charge in [-0.05, 0) is 71.1 Å². The molecule has 124 valence electrons. The van der Waals surface area contributed by atoms with Gasteiger partial charge in [0.2, 0.25) is 10.0 Å². The van der Waals surface area contributed by atoms with Crippen molar-refractivity contribution in [3.63, 3.8) is 0 Å². The maximum atomic E-state index is 11.9. The average molecular weight is 325 g/mol. The van der Waals surface area contributed by atoms with Crippen molar-refractivity contribution in [3.8, 4) is 0 Å². The van der Waals surface area contributed by atoms with E-state index in [1.54, 1.807) is 18.2 Å². The number of hydrogen-bond acceptors (Lipinski definition) is 4. The summed E-state index contributed by atoms with van der Waals surface area (Å²) in [5.74, 6) is 0. The Morgan fingerprint density at radius 3 is 2.82 bits per heavy atom. The molecule has 1 aromatic rings. The van der Waals surface area contributed by atoms with Gasteiger partial charge in [-0.1, -0.05) is 12.1 Å². The third-order valence-corrected chi connectivity index (χ3v) is 5.95. The van der Waals surface area contributed by atoms with Crippen LogP contribution in [-0.4, -0.2) is 46.5 Å². The number of rotatable bonds is 7. The van der Waals surface area contributed by atoms with Gasteiger partial charge in [0.05, 0.1) is 4.90 Å². The Bertz CT molecular complexity index is 589. The monoisotopic (exact) mass is 325 g/mol. The normalized spacial score (nSPS) is 21.1. The maximum absolute atomic E-state index is 11.9. The lowest BCUT2D eigenvalue weighted by Gasteiger charge is -2.21. The second-order valence-electron chi connectivity index (χ2n) is 6.02. The lowest BCUT2D eigenvalue weighted by atomic mass is 10.1. The van der Waals surface area contributed by atoms with Gasteiger partial charge in [-0.3, -0.25) is 0 Å². The molecule has 6 heteroatoms. The molecule has 0 bridgehead atoms. The number of nitrogens with one attached hydrogen (secondary N) is 2. The molecule has 1 aliphatic rings. The Morgan fingerprint density at radius 1 is 1.41 bits per heavy atom. The molecule has 2 N–H and O–H groups in total. The summed E-state index contributed by atoms with van der Waals surface area (Å²) in [4.78, 5) is 2.74. The molecule has 0 radical (unpaired) electrons. The van der Waals surface area contributed by atoms with Crippen LogP contribution in [0.5, 0.6) is 0 Å². The number of nitrogens with zero attached hydrogens (tertiary/aromatic N) is 1. The summed E-state index contributed by atoms with van der Waals surface area (Å²) in [5, 5.41) is 3.50. The standard InChI is InChI=1S/C16H27N3O2S/c1-13(18-10-9-15-7-5-11-19(15)3)14-6-4-8-16(12-14)22(20,21)17-2/h4,6,8,12-13,15,17-18H,5,7,9-11H2,1-3H3/t13-,15-/m1/s1. The molecule has 2 rings (SSSR count). The molecule has 1 heterocycles. The molecule has 0 amide bonds. The number of benzene rings is 1. The highest BCUT2D eigenvalue weighted by Crippen LogP contribution is 2.19. The van der Waals surface area contributed by atoms with Gasteiger partial charge < -0.3 is 10.2 Å². The second kappa shape index (κ2) is 7.55. The van der Waals surface area contributed by atoms with E-state index in [4.69, 9.17) is 0 Å². The molecule has 0 aromatic heterocycles. The van der Waals surface area contributed by atoms with E-state index >= 15 is 0 Å². The molecule has 0 aliphatic carbocycles. The van der Waals surface area contributed by atoms with E-state index in [0.29, 0.717) is 10.9 Å². The summed E-state index contributed by atoms with van der Waals surface area (Å²) in [6, 6.07) is 7.94. The predicted octanol–water partition coefficient (Wildman–Crippen LogP) is 1.73. The fourth-order valence-electron chi connectivity index (χ4n) is 3.00. The van der Waals surface area contributed by atoms with E-state index < -0.39 is 10.0 Å². The van der Waals surface area contributed by atoms with Crippen molar-refractivity contribution in [2.75, 3.05) is 27.2 Å². The Labute approximate surface area is 134 Å². The molecule has 5 nitrogen and oxygen atoms in total. The molecule has 1 aromatic carbocycles. The van der Waals surface area contributed by atoms with Crippen molar-refractivity contribution in [2.45, 2.75) is 43.2 Å². The van der Waals surface area contributed by atoms with Gasteiger partial charge in [0.15, 0.2) is 0 Å². The van der Waals surface area contributed by atoms with Gasteiger partial charge >= 0.3 is 0 Å². The van der Waals surface area contributed by atoms with Crippen LogP contribution in [0.25, 0.3) is 0 Å². The summed E-state index contributed by atoms with van der Waals surface area (Å²) in [5.41, 5.74) is 0.996. The number of hydrogen-bond donors (Lipinski definition) is 2. The first-order valence-electron chi connectivity index (χ1n) is 7.91. The Morgan fingerprint density at radius 2 is 2.18 bits per heavy atom. The van der Waals surface area contributed by atoms with E-state index in [0.717, 1.165) is 18.5 Å². The van der Waals surface area contributed by atoms with Crippen LogP contribution in [0.2, 0.25) is 0 Å². The van der Waals surface area contributed by atoms with Gasteiger partial charge in [-0.2, -0.15) is 0 Å². The SMILES string of the molecule is CNS(=O)(=O)c1cccc([C@@H](C)NCC[C@H]2CCCN2C)c1. The summed E-state index contributed by atoms with van der Waals surface area (Å²) in [6.45, 7) is 4.22. The first-order valence-corrected chi connectivity index (χ1v) is 9.39. The van der Waals surface area contributed by atoms with Crippen molar-refractivity contribution < 1.29 is 8.42 Å². The molecule has 22 heavy (non-hydrogen) atoms. The number of sulfonamides is 1. The van der Waals surface area contributed by atoms with Crippen molar-refractivity contribution in [1.29, 1.82) is 0 Å². The third-order valence-electron chi connectivity index (χ3n) is 4.54. The molecule has 1 saturated heterocycles. The Kier molecular flexibility index (Phi) is 5.97. The van der Waals surface area contributed by atoms with Crippen molar-refractivity contribution in [3.05, 3.63) is 29.8 Å². The molecule has 0 saturated carbocycles. The van der Waals surface area contributed by atoms with E-state index in [1.807, 2.05) is 6.07 Å². The predicted molar refractivity (Wildman–Crippen MR) is 89.4 cm³/mol. The van der Waals surface area contributed by atoms with Crippen LogP contribution in [0.4, 0.5) is 0 Å². The summed E-state index contributed by atoms with van der Waals surface area (Å²) in [6.07, 6.45) is 3.71. The summed E-state index contributed by atoms with van der Waals surface area (Å²) < 4.78 is 26.1. The topological polar surface area (TPSA) is 61.4 Å². The fraction of sp³-hybridized carbons (Fsp3) is 0.625. The minimum atomic E-state index is -3.38. The lowest BCUT2D eigenvalue weighted by Crippen LogP contribution is -2.30. The van der Waals surface area contributed by atoms with Crippen molar-refractivity contribution in [2.24, 2.45) is 0 Å². The largest absolute Gasteiger partial charge is 0.310 e. The summed E-state index contributed by atoms with van der Waals surface area (Å²) >= 11 is 0. The van der Waals surface area contributed by atoms with E-state index in [2.05, 4.69) is 28.9 Å². The van der Waals surface area contributed by atoms with Crippen LogP contribution < -0.4 is 10.0 Å². The van der Waals surface area contributed by atoms with Crippen LogP contribution in [0.1, 0.15) is 37.8 Å².